The van der Waals surface area contributed by atoms with Gasteiger partial charge in [0.15, 0.2) is 0 Å². The third-order valence-electron chi connectivity index (χ3n) is 8.56. The number of halogens is 3. The minimum absolute atomic E-state index is 0.0356. The second-order valence-electron chi connectivity index (χ2n) is 11.5. The Labute approximate surface area is 255 Å². The second-order valence-corrected chi connectivity index (χ2v) is 11.5. The summed E-state index contributed by atoms with van der Waals surface area (Å²) in [7, 11) is 3.19. The number of aryl methyl sites for hydroxylation is 1. The highest BCUT2D eigenvalue weighted by Crippen LogP contribution is 2.34. The number of nitrogens with zero attached hydrogens (tertiary/aromatic N) is 3. The van der Waals surface area contributed by atoms with E-state index < -0.39 is 6.36 Å². The Morgan fingerprint density at radius 1 is 1.07 bits per heavy atom. The third kappa shape index (κ3) is 8.80. The molecule has 44 heavy (non-hydrogen) atoms. The molecule has 1 N–H and O–H groups in total. The fourth-order valence-electron chi connectivity index (χ4n) is 6.20. The van der Waals surface area contributed by atoms with Crippen molar-refractivity contribution in [3.63, 3.8) is 0 Å². The van der Waals surface area contributed by atoms with Crippen LogP contribution in [0.2, 0.25) is 0 Å². The van der Waals surface area contributed by atoms with Crippen LogP contribution in [0.5, 0.6) is 11.8 Å². The van der Waals surface area contributed by atoms with Gasteiger partial charge in [-0.05, 0) is 75.1 Å². The number of ether oxygens (including phenoxy) is 5. The summed E-state index contributed by atoms with van der Waals surface area (Å²) in [6, 6.07) is 8.28. The first-order valence-corrected chi connectivity index (χ1v) is 15.3. The second kappa shape index (κ2) is 14.9. The van der Waals surface area contributed by atoms with E-state index in [-0.39, 0.29) is 42.0 Å². The van der Waals surface area contributed by atoms with Gasteiger partial charge < -0.3 is 33.9 Å². The zero-order valence-corrected chi connectivity index (χ0v) is 25.2. The zero-order valence-electron chi connectivity index (χ0n) is 25.2. The standard InChI is InChI=1S/C31H41F3N4O6/c1-40-28-19-42-17-14-25(28)35-21-12-15-38(16-13-21)29(39)26-18-22(36-30(37-26)41-2)8-11-23-4-3-5-27(43-23)20-6-9-24(10-7-20)44-31(32,33)34/h6-7,9-10,18,21,23,25,27-28,35H,3-5,8,11-17,19H2,1-2H3/t23-,25-,27+,28+/m1/s1. The smallest absolute Gasteiger partial charge is 0.467 e. The lowest BCUT2D eigenvalue weighted by molar-refractivity contribution is -0.274. The van der Waals surface area contributed by atoms with Crippen LogP contribution in [0.4, 0.5) is 13.2 Å². The van der Waals surface area contributed by atoms with Crippen molar-refractivity contribution in [2.45, 2.75) is 88.1 Å². The maximum Gasteiger partial charge on any atom is 0.573 e. The largest absolute Gasteiger partial charge is 0.573 e. The lowest BCUT2D eigenvalue weighted by Crippen LogP contribution is -2.54. The van der Waals surface area contributed by atoms with Crippen LogP contribution in [0.15, 0.2) is 30.3 Å². The summed E-state index contributed by atoms with van der Waals surface area (Å²) in [5, 5.41) is 3.71. The fourth-order valence-corrected chi connectivity index (χ4v) is 6.20. The van der Waals surface area contributed by atoms with Gasteiger partial charge in [-0.2, -0.15) is 4.98 Å². The predicted octanol–water partition coefficient (Wildman–Crippen LogP) is 4.62. The van der Waals surface area contributed by atoms with Gasteiger partial charge in [0.25, 0.3) is 5.91 Å². The molecule has 2 aromatic rings. The van der Waals surface area contributed by atoms with E-state index in [0.717, 1.165) is 50.7 Å². The average molecular weight is 623 g/mol. The van der Waals surface area contributed by atoms with Crippen LogP contribution in [0.25, 0.3) is 0 Å². The molecule has 13 heteroatoms. The van der Waals surface area contributed by atoms with Crippen LogP contribution >= 0.6 is 0 Å². The molecule has 242 valence electrons. The van der Waals surface area contributed by atoms with Gasteiger partial charge in [0.05, 0.1) is 32.0 Å². The number of aromatic nitrogens is 2. The number of piperidine rings is 1. The van der Waals surface area contributed by atoms with Crippen LogP contribution in [-0.2, 0) is 20.6 Å². The predicted molar refractivity (Wildman–Crippen MR) is 154 cm³/mol. The van der Waals surface area contributed by atoms with Gasteiger partial charge in [-0.3, -0.25) is 4.79 Å². The summed E-state index contributed by atoms with van der Waals surface area (Å²) in [5.74, 6) is -0.397. The van der Waals surface area contributed by atoms with Crippen molar-refractivity contribution in [1.29, 1.82) is 0 Å². The molecule has 5 rings (SSSR count). The number of likely N-dealkylation sites (tertiary alicyclic amines) is 1. The highest BCUT2D eigenvalue weighted by Gasteiger charge is 2.32. The molecule has 4 heterocycles. The summed E-state index contributed by atoms with van der Waals surface area (Å²) in [6.45, 7) is 2.56. The summed E-state index contributed by atoms with van der Waals surface area (Å²) in [6.07, 6.45) is 1.43. The Hall–Kier alpha value is -3.00. The summed E-state index contributed by atoms with van der Waals surface area (Å²) >= 11 is 0. The minimum Gasteiger partial charge on any atom is -0.467 e. The lowest BCUT2D eigenvalue weighted by Gasteiger charge is -2.38. The van der Waals surface area contributed by atoms with E-state index in [9.17, 15) is 18.0 Å². The van der Waals surface area contributed by atoms with E-state index in [2.05, 4.69) is 20.0 Å². The van der Waals surface area contributed by atoms with Gasteiger partial charge in [0.2, 0.25) is 0 Å². The molecule has 0 saturated carbocycles. The SMILES string of the molecule is COc1nc(CC[C@H]2CCC[C@@H](c3ccc(OC(F)(F)F)cc3)O2)cc(C(=O)N2CCC(N[C@@H]3CCOC[C@@H]3OC)CC2)n1. The molecule has 1 aromatic carbocycles. The third-order valence-corrected chi connectivity index (χ3v) is 8.56. The van der Waals surface area contributed by atoms with E-state index in [1.54, 1.807) is 25.3 Å². The summed E-state index contributed by atoms with van der Waals surface area (Å²) < 4.78 is 64.2. The molecule has 4 atom stereocenters. The molecule has 0 bridgehead atoms. The Morgan fingerprint density at radius 3 is 2.55 bits per heavy atom. The number of carbonyl (C=O) groups excluding carboxylic acids is 1. The fraction of sp³-hybridized carbons (Fsp3) is 0.645. The van der Waals surface area contributed by atoms with E-state index in [4.69, 9.17) is 18.9 Å². The van der Waals surface area contributed by atoms with Gasteiger partial charge in [0, 0.05) is 44.6 Å². The van der Waals surface area contributed by atoms with Crippen LogP contribution in [0, 0.1) is 0 Å². The van der Waals surface area contributed by atoms with Crippen LogP contribution < -0.4 is 14.8 Å². The van der Waals surface area contributed by atoms with Crippen molar-refractivity contribution < 1.29 is 41.7 Å². The number of rotatable bonds is 10. The van der Waals surface area contributed by atoms with E-state index in [0.29, 0.717) is 50.0 Å². The minimum atomic E-state index is -4.73. The first-order valence-electron chi connectivity index (χ1n) is 15.3. The number of hydrogen-bond acceptors (Lipinski definition) is 9. The number of hydrogen-bond donors (Lipinski definition) is 1. The highest BCUT2D eigenvalue weighted by atomic mass is 19.4. The highest BCUT2D eigenvalue weighted by molar-refractivity contribution is 5.92. The maximum absolute atomic E-state index is 13.4. The normalized spacial score (nSPS) is 25.1. The molecule has 0 aliphatic carbocycles. The average Bonchev–Trinajstić information content (AvgIpc) is 3.03. The molecule has 3 saturated heterocycles. The van der Waals surface area contributed by atoms with Gasteiger partial charge in [0.1, 0.15) is 11.4 Å². The molecule has 10 nitrogen and oxygen atoms in total. The molecular weight excluding hydrogens is 581 g/mol. The Bertz CT molecular complexity index is 1230. The molecule has 0 radical (unpaired) electrons. The molecule has 3 aliphatic heterocycles. The maximum atomic E-state index is 13.4. The molecule has 3 aliphatic rings. The monoisotopic (exact) mass is 622 g/mol. The number of methoxy groups -OCH3 is 2. The Morgan fingerprint density at radius 2 is 1.84 bits per heavy atom. The van der Waals surface area contributed by atoms with Crippen molar-refractivity contribution in [2.75, 3.05) is 40.5 Å². The van der Waals surface area contributed by atoms with Crippen LogP contribution in [0.3, 0.4) is 0 Å². The first kappa shape index (κ1) is 32.4. The summed E-state index contributed by atoms with van der Waals surface area (Å²) in [5.41, 5.74) is 1.82. The Kier molecular flexibility index (Phi) is 10.9. The number of benzene rings is 1. The molecule has 1 amide bonds. The quantitative estimate of drug-likeness (QED) is 0.407. The number of alkyl halides is 3. The zero-order chi connectivity index (χ0) is 31.1. The molecule has 0 spiro atoms. The van der Waals surface area contributed by atoms with Gasteiger partial charge >= 0.3 is 12.4 Å². The number of nitrogens with one attached hydrogen (secondary N) is 1. The van der Waals surface area contributed by atoms with E-state index in [1.165, 1.54) is 19.2 Å². The first-order chi connectivity index (χ1) is 21.2. The molecule has 3 fully saturated rings. The van der Waals surface area contributed by atoms with Crippen molar-refractivity contribution in [3.8, 4) is 11.8 Å². The topological polar surface area (TPSA) is 104 Å². The number of amides is 1. The molecule has 1 aromatic heterocycles. The lowest BCUT2D eigenvalue weighted by atomic mass is 9.96. The van der Waals surface area contributed by atoms with E-state index >= 15 is 0 Å². The van der Waals surface area contributed by atoms with Crippen molar-refractivity contribution >= 4 is 5.91 Å². The summed E-state index contributed by atoms with van der Waals surface area (Å²) in [4.78, 5) is 24.1. The van der Waals surface area contributed by atoms with Crippen molar-refractivity contribution in [1.82, 2.24) is 20.2 Å². The van der Waals surface area contributed by atoms with Crippen LogP contribution in [0.1, 0.15) is 72.8 Å². The molecule has 0 unspecified atom stereocenters. The van der Waals surface area contributed by atoms with Gasteiger partial charge in [-0.25, -0.2) is 4.98 Å². The Balaban J connectivity index is 1.14. The van der Waals surface area contributed by atoms with Crippen molar-refractivity contribution in [2.24, 2.45) is 0 Å². The van der Waals surface area contributed by atoms with Crippen molar-refractivity contribution in [3.05, 3.63) is 47.3 Å². The van der Waals surface area contributed by atoms with Gasteiger partial charge in [-0.1, -0.05) is 12.1 Å². The van der Waals surface area contributed by atoms with E-state index in [1.807, 2.05) is 4.90 Å². The molecular formula is C31H41F3N4O6. The van der Waals surface area contributed by atoms with Gasteiger partial charge in [-0.15, -0.1) is 13.2 Å². The van der Waals surface area contributed by atoms with Crippen LogP contribution in [-0.4, -0.2) is 92.0 Å². The number of carbonyl (C=O) groups is 1.